The molecule has 9 nitrogen and oxygen atoms in total. The van der Waals surface area contributed by atoms with Crippen molar-refractivity contribution < 1.29 is 23.0 Å². The van der Waals surface area contributed by atoms with Crippen molar-refractivity contribution >= 4 is 27.6 Å². The number of alkyl halides is 3. The minimum absolute atomic E-state index is 0.0127. The van der Waals surface area contributed by atoms with E-state index >= 15 is 0 Å². The molecule has 0 atom stereocenters. The van der Waals surface area contributed by atoms with Gasteiger partial charge in [-0.15, -0.1) is 0 Å². The maximum absolute atomic E-state index is 13.9. The van der Waals surface area contributed by atoms with Crippen LogP contribution in [0.25, 0.3) is 32.9 Å². The van der Waals surface area contributed by atoms with Crippen molar-refractivity contribution in [2.75, 3.05) is 57.3 Å². The molecule has 4 aromatic rings. The molecule has 5 heterocycles. The molecule has 0 aliphatic carbocycles. The highest BCUT2D eigenvalue weighted by molar-refractivity contribution is 6.05. The molecule has 3 fully saturated rings. The van der Waals surface area contributed by atoms with E-state index in [1.54, 1.807) is 20.0 Å². The maximum atomic E-state index is 13.9. The number of anilines is 1. The molecule has 0 bridgehead atoms. The van der Waals surface area contributed by atoms with Gasteiger partial charge in [0.1, 0.15) is 17.2 Å². The summed E-state index contributed by atoms with van der Waals surface area (Å²) in [4.78, 5) is 14.7. The van der Waals surface area contributed by atoms with E-state index in [9.17, 15) is 18.3 Å². The SMILES string of the molecule is CCc1cc2c(N3CCC4(CC3)CNC4)nc(C3CN(CC(C)(C)O)C3)nc2c(OCC(F)(F)F)c1-c1c(C)ccc2[nH]ncc12. The Hall–Kier alpha value is -3.48. The van der Waals surface area contributed by atoms with Gasteiger partial charge in [-0.3, -0.25) is 10.00 Å². The van der Waals surface area contributed by atoms with Crippen LogP contribution in [0.5, 0.6) is 5.75 Å². The van der Waals surface area contributed by atoms with E-state index < -0.39 is 18.4 Å². The Morgan fingerprint density at radius 1 is 1.07 bits per heavy atom. The normalized spacial score (nSPS) is 19.2. The van der Waals surface area contributed by atoms with E-state index in [2.05, 4.69) is 31.4 Å². The molecule has 1 spiro atoms. The van der Waals surface area contributed by atoms with Crippen LogP contribution in [0.1, 0.15) is 56.5 Å². The number of rotatable bonds is 8. The van der Waals surface area contributed by atoms with Gasteiger partial charge in [-0.05, 0) is 74.3 Å². The van der Waals surface area contributed by atoms with Crippen molar-refractivity contribution in [2.45, 2.75) is 64.7 Å². The van der Waals surface area contributed by atoms with Crippen molar-refractivity contribution in [1.29, 1.82) is 0 Å². The number of aryl methyl sites for hydroxylation is 2. The lowest BCUT2D eigenvalue weighted by atomic mass is 9.73. The smallest absolute Gasteiger partial charge is 0.422 e. The van der Waals surface area contributed by atoms with E-state index in [0.29, 0.717) is 53.8 Å². The predicted octanol–water partition coefficient (Wildman–Crippen LogP) is 5.34. The third kappa shape index (κ3) is 5.79. The lowest BCUT2D eigenvalue weighted by molar-refractivity contribution is -0.153. The van der Waals surface area contributed by atoms with Crippen LogP contribution >= 0.6 is 0 Å². The van der Waals surface area contributed by atoms with Gasteiger partial charge < -0.3 is 20.1 Å². The Bertz CT molecular complexity index is 1760. The van der Waals surface area contributed by atoms with Gasteiger partial charge in [0.25, 0.3) is 0 Å². The average Bonchev–Trinajstić information content (AvgIpc) is 3.44. The van der Waals surface area contributed by atoms with E-state index in [0.717, 1.165) is 72.4 Å². The van der Waals surface area contributed by atoms with Crippen molar-refractivity contribution in [3.05, 3.63) is 41.3 Å². The van der Waals surface area contributed by atoms with Gasteiger partial charge >= 0.3 is 6.18 Å². The van der Waals surface area contributed by atoms with Gasteiger partial charge in [-0.1, -0.05) is 13.0 Å². The molecule has 3 aliphatic rings. The molecule has 7 rings (SSSR count). The Morgan fingerprint density at radius 2 is 1.80 bits per heavy atom. The van der Waals surface area contributed by atoms with Crippen LogP contribution in [0.3, 0.4) is 0 Å². The summed E-state index contributed by atoms with van der Waals surface area (Å²) in [5.41, 5.74) is 3.87. The van der Waals surface area contributed by atoms with Crippen LogP contribution in [0.2, 0.25) is 0 Å². The van der Waals surface area contributed by atoms with E-state index in [1.807, 2.05) is 26.0 Å². The van der Waals surface area contributed by atoms with E-state index in [-0.39, 0.29) is 11.7 Å². The number of hydrogen-bond acceptors (Lipinski definition) is 8. The number of piperidine rings is 1. The van der Waals surface area contributed by atoms with Crippen LogP contribution in [0, 0.1) is 12.3 Å². The third-order valence-corrected chi connectivity index (χ3v) is 9.92. The second kappa shape index (κ2) is 11.3. The lowest BCUT2D eigenvalue weighted by Gasteiger charge is -2.48. The van der Waals surface area contributed by atoms with Crippen molar-refractivity contribution in [2.24, 2.45) is 5.41 Å². The molecular formula is C34H42F3N7O2. The third-order valence-electron chi connectivity index (χ3n) is 9.92. The summed E-state index contributed by atoms with van der Waals surface area (Å²) in [5, 5.41) is 22.6. The standard InChI is InChI=1S/C34H42F3N7O2/c1-5-21-12-23-28(29(46-19-34(35,36)37)27(21)26-20(2)6-7-25-24(26)13-39-42-25)40-30(22-14-43(15-22)18-32(3,4)45)41-31(23)44-10-8-33(9-11-44)16-38-17-33/h6-7,12-13,22,38,45H,5,8-11,14-19H2,1-4H3,(H,39,42). The summed E-state index contributed by atoms with van der Waals surface area (Å²) in [6, 6.07) is 5.95. The maximum Gasteiger partial charge on any atom is 0.422 e. The Balaban J connectivity index is 1.43. The number of nitrogens with zero attached hydrogens (tertiary/aromatic N) is 5. The first-order valence-electron chi connectivity index (χ1n) is 16.2. The number of nitrogens with one attached hydrogen (secondary N) is 2. The second-order valence-electron chi connectivity index (χ2n) is 14.2. The van der Waals surface area contributed by atoms with Crippen LogP contribution in [-0.4, -0.2) is 94.4 Å². The molecule has 3 aliphatic heterocycles. The highest BCUT2D eigenvalue weighted by atomic mass is 19.4. The van der Waals surface area contributed by atoms with Crippen molar-refractivity contribution in [3.63, 3.8) is 0 Å². The fourth-order valence-corrected chi connectivity index (χ4v) is 7.45. The summed E-state index contributed by atoms with van der Waals surface area (Å²) in [5.74, 6) is 1.49. The largest absolute Gasteiger partial charge is 0.481 e. The Morgan fingerprint density at radius 3 is 2.43 bits per heavy atom. The van der Waals surface area contributed by atoms with Crippen LogP contribution < -0.4 is 15.0 Å². The number of aliphatic hydroxyl groups is 1. The highest BCUT2D eigenvalue weighted by Gasteiger charge is 2.41. The number of aromatic nitrogens is 4. The molecule has 3 saturated heterocycles. The number of aromatic amines is 1. The fourth-order valence-electron chi connectivity index (χ4n) is 7.45. The van der Waals surface area contributed by atoms with Crippen molar-refractivity contribution in [3.8, 4) is 16.9 Å². The number of likely N-dealkylation sites (tertiary alicyclic amines) is 1. The summed E-state index contributed by atoms with van der Waals surface area (Å²) in [6.45, 7) is 11.6. The second-order valence-corrected chi connectivity index (χ2v) is 14.2. The molecule has 2 aromatic heterocycles. The summed E-state index contributed by atoms with van der Waals surface area (Å²) >= 11 is 0. The molecule has 0 radical (unpaired) electrons. The Kier molecular flexibility index (Phi) is 7.68. The molecule has 0 saturated carbocycles. The summed E-state index contributed by atoms with van der Waals surface area (Å²) < 4.78 is 47.4. The first-order valence-corrected chi connectivity index (χ1v) is 16.2. The van der Waals surface area contributed by atoms with Gasteiger partial charge in [-0.2, -0.15) is 18.3 Å². The molecule has 3 N–H and O–H groups in total. The average molecular weight is 638 g/mol. The molecule has 12 heteroatoms. The lowest BCUT2D eigenvalue weighted by Crippen LogP contribution is -2.58. The van der Waals surface area contributed by atoms with Gasteiger partial charge in [0.2, 0.25) is 0 Å². The monoisotopic (exact) mass is 637 g/mol. The minimum atomic E-state index is -4.54. The number of β-amino-alcohol motifs (C(OH)–C–C–N with tert-alkyl or cyclic N) is 1. The fraction of sp³-hybridized carbons (Fsp3) is 0.559. The van der Waals surface area contributed by atoms with Crippen molar-refractivity contribution in [1.82, 2.24) is 30.4 Å². The number of halogens is 3. The van der Waals surface area contributed by atoms with Gasteiger partial charge in [0, 0.05) is 68.1 Å². The van der Waals surface area contributed by atoms with Gasteiger partial charge in [-0.25, -0.2) is 9.97 Å². The topological polar surface area (TPSA) is 102 Å². The van der Waals surface area contributed by atoms with E-state index in [4.69, 9.17) is 14.7 Å². The molecular weight excluding hydrogens is 595 g/mol. The number of benzene rings is 2. The number of H-pyrrole nitrogens is 1. The zero-order chi connectivity index (χ0) is 32.4. The summed E-state index contributed by atoms with van der Waals surface area (Å²) in [7, 11) is 0. The first kappa shape index (κ1) is 31.1. The molecule has 246 valence electrons. The predicted molar refractivity (Wildman–Crippen MR) is 173 cm³/mol. The minimum Gasteiger partial charge on any atom is -0.481 e. The van der Waals surface area contributed by atoms with E-state index in [1.165, 1.54) is 0 Å². The zero-order valence-electron chi connectivity index (χ0n) is 26.9. The number of fused-ring (bicyclic) bond motifs is 2. The molecule has 0 amide bonds. The van der Waals surface area contributed by atoms with Gasteiger partial charge in [0.15, 0.2) is 12.4 Å². The van der Waals surface area contributed by atoms with Crippen LogP contribution in [0.15, 0.2) is 24.4 Å². The zero-order valence-corrected chi connectivity index (χ0v) is 26.9. The van der Waals surface area contributed by atoms with Gasteiger partial charge in [0.05, 0.1) is 17.3 Å². The number of ether oxygens (including phenoxy) is 1. The van der Waals surface area contributed by atoms with Crippen LogP contribution in [-0.2, 0) is 6.42 Å². The quantitative estimate of drug-likeness (QED) is 0.238. The number of hydrogen-bond donors (Lipinski definition) is 3. The molecule has 46 heavy (non-hydrogen) atoms. The summed E-state index contributed by atoms with van der Waals surface area (Å²) in [6.07, 6.45) is -0.185. The molecule has 0 unspecified atom stereocenters. The van der Waals surface area contributed by atoms with Crippen LogP contribution in [0.4, 0.5) is 19.0 Å². The molecule has 2 aromatic carbocycles. The Labute approximate surface area is 266 Å². The first-order chi connectivity index (χ1) is 21.8. The highest BCUT2D eigenvalue weighted by Crippen LogP contribution is 2.47.